The van der Waals surface area contributed by atoms with Gasteiger partial charge in [-0.15, -0.1) is 0 Å². The topological polar surface area (TPSA) is 29.3 Å². The predicted octanol–water partition coefficient (Wildman–Crippen LogP) is 4.37. The highest BCUT2D eigenvalue weighted by Gasteiger charge is 2.19. The van der Waals surface area contributed by atoms with E-state index in [0.717, 1.165) is 15.6 Å². The first-order valence-electron chi connectivity index (χ1n) is 6.61. The highest BCUT2D eigenvalue weighted by atomic mass is 79.9. The number of benzene rings is 2. The van der Waals surface area contributed by atoms with Crippen molar-refractivity contribution >= 4 is 27.5 Å². The molecule has 5 heteroatoms. The molecule has 2 rings (SSSR count). The van der Waals surface area contributed by atoms with Crippen molar-refractivity contribution in [3.8, 4) is 0 Å². The van der Waals surface area contributed by atoms with Gasteiger partial charge in [0.05, 0.1) is 0 Å². The van der Waals surface area contributed by atoms with Gasteiger partial charge in [0, 0.05) is 28.6 Å². The Kier molecular flexibility index (Phi) is 5.76. The Balaban J connectivity index is 2.22. The van der Waals surface area contributed by atoms with E-state index in [1.165, 1.54) is 12.1 Å². The van der Waals surface area contributed by atoms with E-state index in [2.05, 4.69) is 20.8 Å². The monoisotopic (exact) mass is 370 g/mol. The second-order valence-electron chi connectivity index (χ2n) is 4.96. The molecule has 1 unspecified atom stereocenters. The zero-order chi connectivity index (χ0) is 15.4. The van der Waals surface area contributed by atoms with Gasteiger partial charge in [0.1, 0.15) is 5.82 Å². The first kappa shape index (κ1) is 16.4. The third kappa shape index (κ3) is 4.27. The fraction of sp³-hybridized carbons (Fsp3) is 0.250. The number of likely N-dealkylation sites (N-methyl/N-ethyl adjacent to an activating group) is 1. The summed E-state index contributed by atoms with van der Waals surface area (Å²) < 4.78 is 14.2. The minimum atomic E-state index is -0.231. The van der Waals surface area contributed by atoms with E-state index in [1.54, 1.807) is 6.07 Å². The van der Waals surface area contributed by atoms with Crippen LogP contribution in [0.1, 0.15) is 17.2 Å². The zero-order valence-corrected chi connectivity index (χ0v) is 14.0. The Labute approximate surface area is 137 Å². The summed E-state index contributed by atoms with van der Waals surface area (Å²) >= 11 is 9.73. The third-order valence-electron chi connectivity index (χ3n) is 3.39. The van der Waals surface area contributed by atoms with E-state index >= 15 is 0 Å². The Morgan fingerprint density at radius 1 is 1.29 bits per heavy atom. The minimum absolute atomic E-state index is 0.0294. The van der Waals surface area contributed by atoms with Crippen LogP contribution in [0.4, 0.5) is 4.39 Å². The molecule has 0 fully saturated rings. The average molecular weight is 372 g/mol. The lowest BCUT2D eigenvalue weighted by Gasteiger charge is -2.28. The number of halogens is 3. The number of nitrogens with zero attached hydrogens (tertiary/aromatic N) is 1. The van der Waals surface area contributed by atoms with Crippen LogP contribution in [-0.4, -0.2) is 18.5 Å². The van der Waals surface area contributed by atoms with E-state index in [9.17, 15) is 4.39 Å². The standard InChI is InChI=1S/C16H17BrClFN2/c1-21(10-11-3-2-4-13(19)7-11)16(9-20)14-8-12(17)5-6-15(14)18/h2-8,16H,9-10,20H2,1H3. The van der Waals surface area contributed by atoms with Gasteiger partial charge in [-0.3, -0.25) is 4.90 Å². The summed E-state index contributed by atoms with van der Waals surface area (Å²) in [6.45, 7) is 1.03. The molecule has 0 amide bonds. The predicted molar refractivity (Wildman–Crippen MR) is 88.8 cm³/mol. The van der Waals surface area contributed by atoms with Gasteiger partial charge >= 0.3 is 0 Å². The molecule has 2 aromatic carbocycles. The van der Waals surface area contributed by atoms with Crippen molar-refractivity contribution in [2.45, 2.75) is 12.6 Å². The first-order chi connectivity index (χ1) is 10.0. The van der Waals surface area contributed by atoms with Crippen molar-refractivity contribution in [2.24, 2.45) is 5.73 Å². The van der Waals surface area contributed by atoms with Crippen LogP contribution in [0.5, 0.6) is 0 Å². The van der Waals surface area contributed by atoms with Crippen LogP contribution in [0.25, 0.3) is 0 Å². The smallest absolute Gasteiger partial charge is 0.123 e. The minimum Gasteiger partial charge on any atom is -0.329 e. The van der Waals surface area contributed by atoms with Crippen LogP contribution < -0.4 is 5.73 Å². The van der Waals surface area contributed by atoms with Gasteiger partial charge < -0.3 is 5.73 Å². The highest BCUT2D eigenvalue weighted by Crippen LogP contribution is 2.30. The summed E-state index contributed by atoms with van der Waals surface area (Å²) in [5.41, 5.74) is 7.79. The largest absolute Gasteiger partial charge is 0.329 e. The van der Waals surface area contributed by atoms with Crippen molar-refractivity contribution in [3.05, 3.63) is 68.9 Å². The molecule has 0 aliphatic heterocycles. The molecule has 0 bridgehead atoms. The number of rotatable bonds is 5. The van der Waals surface area contributed by atoms with E-state index < -0.39 is 0 Å². The van der Waals surface area contributed by atoms with Gasteiger partial charge in [0.25, 0.3) is 0 Å². The summed E-state index contributed by atoms with van der Waals surface area (Å²) in [6.07, 6.45) is 0. The number of hydrogen-bond donors (Lipinski definition) is 1. The maximum atomic E-state index is 13.3. The van der Waals surface area contributed by atoms with Crippen molar-refractivity contribution in [2.75, 3.05) is 13.6 Å². The van der Waals surface area contributed by atoms with Crippen LogP contribution in [0.15, 0.2) is 46.9 Å². The highest BCUT2D eigenvalue weighted by molar-refractivity contribution is 9.10. The van der Waals surface area contributed by atoms with Gasteiger partial charge in [0.2, 0.25) is 0 Å². The van der Waals surface area contributed by atoms with Crippen molar-refractivity contribution in [3.63, 3.8) is 0 Å². The normalized spacial score (nSPS) is 12.7. The molecule has 0 aliphatic carbocycles. The summed E-state index contributed by atoms with van der Waals surface area (Å²) in [4.78, 5) is 2.07. The molecule has 112 valence electrons. The number of nitrogens with two attached hydrogens (primary N) is 1. The lowest BCUT2D eigenvalue weighted by Crippen LogP contribution is -2.30. The summed E-state index contributed by atoms with van der Waals surface area (Å²) in [7, 11) is 1.96. The Hall–Kier alpha value is -0.940. The van der Waals surface area contributed by atoms with Crippen molar-refractivity contribution in [1.82, 2.24) is 4.90 Å². The SMILES string of the molecule is CN(Cc1cccc(F)c1)C(CN)c1cc(Br)ccc1Cl. The maximum Gasteiger partial charge on any atom is 0.123 e. The summed E-state index contributed by atoms with van der Waals surface area (Å²) in [6, 6.07) is 12.3. The molecule has 0 aliphatic rings. The van der Waals surface area contributed by atoms with Crippen molar-refractivity contribution < 1.29 is 4.39 Å². The molecule has 21 heavy (non-hydrogen) atoms. The number of hydrogen-bond acceptors (Lipinski definition) is 2. The molecule has 0 spiro atoms. The molecule has 2 aromatic rings. The second-order valence-corrected chi connectivity index (χ2v) is 6.29. The van der Waals surface area contributed by atoms with Crippen LogP contribution in [0.3, 0.4) is 0 Å². The second kappa shape index (κ2) is 7.36. The van der Waals surface area contributed by atoms with Crippen LogP contribution in [0.2, 0.25) is 5.02 Å². The molecule has 0 saturated heterocycles. The van der Waals surface area contributed by atoms with Crippen molar-refractivity contribution in [1.29, 1.82) is 0 Å². The zero-order valence-electron chi connectivity index (χ0n) is 11.7. The molecule has 2 N–H and O–H groups in total. The molecular weight excluding hydrogens is 355 g/mol. The lowest BCUT2D eigenvalue weighted by molar-refractivity contribution is 0.241. The third-order valence-corrected chi connectivity index (χ3v) is 4.23. The van der Waals surface area contributed by atoms with Gasteiger partial charge in [-0.1, -0.05) is 39.7 Å². The lowest BCUT2D eigenvalue weighted by atomic mass is 10.0. The molecule has 0 saturated carbocycles. The summed E-state index contributed by atoms with van der Waals surface area (Å²) in [5.74, 6) is -0.231. The van der Waals surface area contributed by atoms with Gasteiger partial charge in [-0.05, 0) is 48.5 Å². The fourth-order valence-electron chi connectivity index (χ4n) is 2.35. The average Bonchev–Trinajstić information content (AvgIpc) is 2.43. The maximum absolute atomic E-state index is 13.3. The first-order valence-corrected chi connectivity index (χ1v) is 7.78. The van der Waals surface area contributed by atoms with E-state index in [1.807, 2.05) is 31.3 Å². The van der Waals surface area contributed by atoms with Crippen LogP contribution in [-0.2, 0) is 6.54 Å². The molecule has 1 atom stereocenters. The Bertz CT molecular complexity index is 621. The van der Waals surface area contributed by atoms with E-state index in [-0.39, 0.29) is 11.9 Å². The Morgan fingerprint density at radius 2 is 2.05 bits per heavy atom. The molecule has 0 aromatic heterocycles. The molecule has 2 nitrogen and oxygen atoms in total. The van der Waals surface area contributed by atoms with Crippen LogP contribution in [0, 0.1) is 5.82 Å². The fourth-order valence-corrected chi connectivity index (χ4v) is 2.97. The summed E-state index contributed by atoms with van der Waals surface area (Å²) in [5, 5.41) is 0.680. The van der Waals surface area contributed by atoms with Gasteiger partial charge in [-0.25, -0.2) is 4.39 Å². The molecular formula is C16H17BrClFN2. The van der Waals surface area contributed by atoms with E-state index in [0.29, 0.717) is 18.1 Å². The molecule has 0 heterocycles. The van der Waals surface area contributed by atoms with Gasteiger partial charge in [-0.2, -0.15) is 0 Å². The quantitative estimate of drug-likeness (QED) is 0.845. The van der Waals surface area contributed by atoms with Crippen LogP contribution >= 0.6 is 27.5 Å². The van der Waals surface area contributed by atoms with Gasteiger partial charge in [0.15, 0.2) is 0 Å². The van der Waals surface area contributed by atoms with E-state index in [4.69, 9.17) is 17.3 Å². The Morgan fingerprint density at radius 3 is 2.71 bits per heavy atom. The molecule has 0 radical (unpaired) electrons.